The van der Waals surface area contributed by atoms with Gasteiger partial charge in [-0.25, -0.2) is 9.21 Å². The summed E-state index contributed by atoms with van der Waals surface area (Å²) in [5, 5.41) is 56.4. The number of benzene rings is 3. The van der Waals surface area contributed by atoms with Crippen LogP contribution >= 0.6 is 0 Å². The molecular weight excluding hydrogens is 480 g/mol. The Kier molecular flexibility index (Phi) is 8.73. The van der Waals surface area contributed by atoms with Crippen LogP contribution in [0, 0.1) is 0 Å². The highest BCUT2D eigenvalue weighted by Gasteiger charge is 2.23. The Hall–Kier alpha value is -4.63. The summed E-state index contributed by atoms with van der Waals surface area (Å²) in [6.45, 7) is 0. The van der Waals surface area contributed by atoms with E-state index < -0.39 is 5.97 Å². The second kappa shape index (κ2) is 11.5. The van der Waals surface area contributed by atoms with Crippen molar-refractivity contribution in [2.24, 2.45) is 0 Å². The third-order valence-corrected chi connectivity index (χ3v) is 4.58. The van der Waals surface area contributed by atoms with E-state index in [2.05, 4.69) is 0 Å². The van der Waals surface area contributed by atoms with Gasteiger partial charge in [0.05, 0.1) is 18.7 Å². The average Bonchev–Trinajstić information content (AvgIpc) is 2.80. The number of hydrogen-bond donors (Lipinski definition) is 6. The second-order valence-corrected chi connectivity index (χ2v) is 6.99. The van der Waals surface area contributed by atoms with Crippen LogP contribution in [0.3, 0.4) is 0 Å². The van der Waals surface area contributed by atoms with Crippen molar-refractivity contribution >= 4 is 23.0 Å². The zero-order chi connectivity index (χ0) is 24.8. The first-order chi connectivity index (χ1) is 16.2. The van der Waals surface area contributed by atoms with Gasteiger partial charge in [-0.1, -0.05) is 6.07 Å². The minimum atomic E-state index is -1.02. The molecule has 0 aliphatic carbocycles. The quantitative estimate of drug-likeness (QED) is 0.181. The Balaban J connectivity index is 0.000000256. The number of halogens is 1. The molecule has 35 heavy (non-hydrogen) atoms. The van der Waals surface area contributed by atoms with E-state index in [0.717, 1.165) is 12.1 Å². The van der Waals surface area contributed by atoms with Crippen LogP contribution in [-0.4, -0.2) is 43.7 Å². The van der Waals surface area contributed by atoms with Gasteiger partial charge in [-0.15, -0.1) is 0 Å². The highest BCUT2D eigenvalue weighted by atomic mass is 35.5. The molecule has 0 radical (unpaired) electrons. The summed E-state index contributed by atoms with van der Waals surface area (Å²) in [5.74, 6) is -0.858. The van der Waals surface area contributed by atoms with E-state index in [-0.39, 0.29) is 52.5 Å². The van der Waals surface area contributed by atoms with E-state index in [1.54, 1.807) is 24.3 Å². The molecule has 3 aromatic carbocycles. The molecule has 1 aromatic heterocycles. The Morgan fingerprint density at radius 3 is 2.14 bits per heavy atom. The molecule has 4 aromatic rings. The topological polar surface area (TPSA) is 159 Å². The number of fused-ring (bicyclic) bond motifs is 1. The molecule has 4 rings (SSSR count). The number of carboxylic acid groups (broad SMARTS) is 1. The highest BCUT2D eigenvalue weighted by Crippen LogP contribution is 2.38. The fraction of sp³-hybridized carbons (Fsp3) is 0.0400. The van der Waals surface area contributed by atoms with Gasteiger partial charge in [0, 0.05) is 18.2 Å². The zero-order valence-corrected chi connectivity index (χ0v) is 19.0. The molecule has 0 aliphatic heterocycles. The summed E-state index contributed by atoms with van der Waals surface area (Å²) in [5.41, 5.74) is 1.45. The van der Waals surface area contributed by atoms with Crippen LogP contribution in [0.15, 0.2) is 71.2 Å². The van der Waals surface area contributed by atoms with Crippen LogP contribution < -0.4 is 17.1 Å². The van der Waals surface area contributed by atoms with Gasteiger partial charge in [0.15, 0.2) is 11.5 Å². The monoisotopic (exact) mass is 500 g/mol. The first-order valence-corrected chi connectivity index (χ1v) is 9.77. The van der Waals surface area contributed by atoms with Crippen molar-refractivity contribution in [3.05, 3.63) is 72.3 Å². The Morgan fingerprint density at radius 2 is 1.51 bits per heavy atom. The maximum Gasteiger partial charge on any atom is 0.401 e. The van der Waals surface area contributed by atoms with E-state index >= 15 is 0 Å². The number of carboxylic acids is 1. The van der Waals surface area contributed by atoms with Crippen molar-refractivity contribution < 1.29 is 57.0 Å². The Labute approximate surface area is 205 Å². The third kappa shape index (κ3) is 6.68. The largest absolute Gasteiger partial charge is 1.00 e. The number of phenols is 4. The third-order valence-electron chi connectivity index (χ3n) is 4.58. The maximum atomic E-state index is 10.2. The number of aromatic hydroxyl groups is 5. The predicted molar refractivity (Wildman–Crippen MR) is 124 cm³/mol. The van der Waals surface area contributed by atoms with Crippen LogP contribution in [0.25, 0.3) is 28.4 Å². The summed E-state index contributed by atoms with van der Waals surface area (Å²) in [6, 6.07) is 14.6. The normalized spacial score (nSPS) is 10.3. The number of carbonyl (C=O) groups is 1. The maximum absolute atomic E-state index is 10.2. The van der Waals surface area contributed by atoms with E-state index in [1.165, 1.54) is 43.5 Å². The molecule has 0 spiro atoms. The van der Waals surface area contributed by atoms with Crippen molar-refractivity contribution in [1.82, 2.24) is 0 Å². The van der Waals surface area contributed by atoms with Gasteiger partial charge in [-0.2, -0.15) is 0 Å². The fourth-order valence-electron chi connectivity index (χ4n) is 2.98. The molecule has 0 amide bonds. The smallest absolute Gasteiger partial charge is 0.401 e. The lowest BCUT2D eigenvalue weighted by atomic mass is 10.1. The molecule has 0 bridgehead atoms. The second-order valence-electron chi connectivity index (χ2n) is 6.99. The molecule has 9 nitrogen and oxygen atoms in total. The lowest BCUT2D eigenvalue weighted by molar-refractivity contribution is -0.131. The molecule has 0 aliphatic rings. The van der Waals surface area contributed by atoms with Crippen LogP contribution in [0.5, 0.6) is 34.5 Å². The van der Waals surface area contributed by atoms with E-state index in [1.807, 2.05) is 0 Å². The SMILES string of the molecule is COc1cc(/C=C/C(=O)O)ccc1O.Oc1ccc(-c2[o+]c3cc(O)cc(O)c3cc2O)cc1.[Cl-]. The molecule has 10 heteroatoms. The van der Waals surface area contributed by atoms with Crippen molar-refractivity contribution in [2.75, 3.05) is 7.11 Å². The number of aliphatic carboxylic acids is 1. The number of phenolic OH excluding ortho intramolecular Hbond substituents is 4. The van der Waals surface area contributed by atoms with Gasteiger partial charge in [-0.05, 0) is 48.0 Å². The van der Waals surface area contributed by atoms with Gasteiger partial charge in [0.1, 0.15) is 22.6 Å². The van der Waals surface area contributed by atoms with Crippen LogP contribution in [0.4, 0.5) is 0 Å². The van der Waals surface area contributed by atoms with Gasteiger partial charge in [0.2, 0.25) is 5.75 Å². The molecule has 6 N–H and O–H groups in total. The first kappa shape index (κ1) is 26.6. The highest BCUT2D eigenvalue weighted by molar-refractivity contribution is 5.88. The van der Waals surface area contributed by atoms with Crippen LogP contribution in [0.1, 0.15) is 5.56 Å². The first-order valence-electron chi connectivity index (χ1n) is 9.77. The Morgan fingerprint density at radius 1 is 0.829 bits per heavy atom. The Bertz CT molecular complexity index is 1370. The van der Waals surface area contributed by atoms with E-state index in [0.29, 0.717) is 22.3 Å². The lowest BCUT2D eigenvalue weighted by Gasteiger charge is -2.03. The molecule has 1 heterocycles. The number of rotatable bonds is 4. The number of hydrogen-bond acceptors (Lipinski definition) is 7. The number of methoxy groups -OCH3 is 1. The zero-order valence-electron chi connectivity index (χ0n) is 18.2. The van der Waals surface area contributed by atoms with Crippen molar-refractivity contribution in [3.63, 3.8) is 0 Å². The molecular formula is C25H21ClO9. The molecule has 0 unspecified atom stereocenters. The predicted octanol–water partition coefficient (Wildman–Crippen LogP) is 1.71. The van der Waals surface area contributed by atoms with Crippen LogP contribution in [0.2, 0.25) is 0 Å². The van der Waals surface area contributed by atoms with Crippen molar-refractivity contribution in [1.29, 1.82) is 0 Å². The molecule has 182 valence electrons. The summed E-state index contributed by atoms with van der Waals surface area (Å²) in [7, 11) is 1.43. The van der Waals surface area contributed by atoms with Gasteiger partial charge < -0.3 is 47.8 Å². The summed E-state index contributed by atoms with van der Waals surface area (Å²) < 4.78 is 10.4. The molecule has 0 fully saturated rings. The van der Waals surface area contributed by atoms with E-state index in [4.69, 9.17) is 14.3 Å². The number of ether oxygens (including phenoxy) is 1. The minimum Gasteiger partial charge on any atom is -1.00 e. The van der Waals surface area contributed by atoms with Gasteiger partial charge in [-0.3, -0.25) is 0 Å². The lowest BCUT2D eigenvalue weighted by Crippen LogP contribution is -3.00. The van der Waals surface area contributed by atoms with Crippen molar-refractivity contribution in [3.8, 4) is 45.8 Å². The summed E-state index contributed by atoms with van der Waals surface area (Å²) in [4.78, 5) is 10.2. The van der Waals surface area contributed by atoms with Gasteiger partial charge >= 0.3 is 17.3 Å². The molecule has 0 atom stereocenters. The molecule has 0 saturated carbocycles. The summed E-state index contributed by atoms with van der Waals surface area (Å²) >= 11 is 0. The van der Waals surface area contributed by atoms with Crippen molar-refractivity contribution in [2.45, 2.75) is 0 Å². The van der Waals surface area contributed by atoms with Gasteiger partial charge in [0.25, 0.3) is 0 Å². The van der Waals surface area contributed by atoms with E-state index in [9.17, 15) is 30.3 Å². The molecule has 0 saturated heterocycles. The standard InChI is InChI=1S/C15H10O5.C10H10O4.ClH/c16-9-3-1-8(2-4-9)15-13(19)7-11-12(18)5-10(17)6-14(11)20-15;1-14-9-6-7(2-4-8(9)11)3-5-10(12)13;/h1-7H,(H3-,16,17,18,19);2-6,11H,1H3,(H,12,13);1H/b;5-3+;. The minimum absolute atomic E-state index is 0. The summed E-state index contributed by atoms with van der Waals surface area (Å²) in [6.07, 6.45) is 2.44. The average molecular weight is 501 g/mol. The fourth-order valence-corrected chi connectivity index (χ4v) is 2.98. The van der Waals surface area contributed by atoms with Crippen LogP contribution in [-0.2, 0) is 4.79 Å².